The minimum Gasteiger partial charge on any atom is -0.326 e. The number of nitrogens with one attached hydrogen (secondary N) is 2. The molecule has 0 heterocycles. The van der Waals surface area contributed by atoms with Gasteiger partial charge >= 0.3 is 0 Å². The molecular formula is C14H13N3O5S. The van der Waals surface area contributed by atoms with E-state index in [1.54, 1.807) is 0 Å². The average Bonchev–Trinajstić information content (AvgIpc) is 2.56. The average molecular weight is 339 g/mol. The second-order valence-corrected chi connectivity index (χ2v) is 5.91. The number of rotatable bonds is 5. The van der Waals surface area contributed by atoms with Gasteiger partial charge in [0.1, 0.15) is 0 Å². The van der Waals surface area contributed by atoms with Crippen molar-refractivity contribution in [1.82, 2.24) is 0 Å². The Bertz CT molecular complexity index is 1010. The number of carbonyl (C=O) groups excluding carboxylic acids is 1. The smallest absolute Gasteiger partial charge is 0.269 e. The highest BCUT2D eigenvalue weighted by molar-refractivity contribution is 7.92. The standard InChI is InChI=1S/C14H13N3O5S/c1-10(18)15-11-4-8-14(9-5-11)23(21,22)16-12-2-6-13(7-3-12)17(19)20/h2-9,16H,1H3,(H,15,18)/i4D,5D,8D,9D. The molecule has 0 atom stereocenters. The molecule has 0 unspecified atom stereocenters. The van der Waals surface area contributed by atoms with Gasteiger partial charge in [0.25, 0.3) is 15.7 Å². The summed E-state index contributed by atoms with van der Waals surface area (Å²) < 4.78 is 58.6. The molecule has 1 amide bonds. The lowest BCUT2D eigenvalue weighted by molar-refractivity contribution is -0.384. The Morgan fingerprint density at radius 1 is 1.13 bits per heavy atom. The molecule has 2 aromatic rings. The molecule has 8 nitrogen and oxygen atoms in total. The maximum atomic E-state index is 12.6. The summed E-state index contributed by atoms with van der Waals surface area (Å²) in [6.45, 7) is 1.10. The minimum absolute atomic E-state index is 0.0663. The van der Waals surface area contributed by atoms with Gasteiger partial charge in [-0.25, -0.2) is 8.42 Å². The molecule has 0 bridgehead atoms. The van der Waals surface area contributed by atoms with Crippen LogP contribution < -0.4 is 10.0 Å². The van der Waals surface area contributed by atoms with Crippen LogP contribution in [0, 0.1) is 10.1 Å². The van der Waals surface area contributed by atoms with E-state index in [0.29, 0.717) is 0 Å². The number of hydrogen-bond donors (Lipinski definition) is 2. The number of sulfonamides is 1. The molecule has 0 radical (unpaired) electrons. The third kappa shape index (κ3) is 4.27. The molecule has 2 aromatic carbocycles. The van der Waals surface area contributed by atoms with Gasteiger partial charge in [-0.1, -0.05) is 0 Å². The SMILES string of the molecule is [2H]c1c([2H])c(S(=O)(=O)Nc2ccc([N+](=O)[O-])cc2)c([2H])c([2H])c1NC(C)=O. The van der Waals surface area contributed by atoms with Gasteiger partial charge in [0.2, 0.25) is 5.91 Å². The molecule has 2 N–H and O–H groups in total. The molecule has 2 rings (SSSR count). The van der Waals surface area contributed by atoms with E-state index < -0.39 is 55.6 Å². The Balaban J connectivity index is 2.52. The molecule has 0 aliphatic heterocycles. The number of anilines is 2. The Morgan fingerprint density at radius 2 is 1.70 bits per heavy atom. The third-order valence-corrected chi connectivity index (χ3v) is 3.75. The third-order valence-electron chi connectivity index (χ3n) is 2.50. The Kier molecular flexibility index (Phi) is 3.25. The molecule has 0 aromatic heterocycles. The molecule has 9 heteroatoms. The molecule has 0 saturated heterocycles. The first kappa shape index (κ1) is 11.6. The van der Waals surface area contributed by atoms with Gasteiger partial charge in [0.15, 0.2) is 0 Å². The second-order valence-electron chi connectivity index (χ2n) is 4.29. The summed E-state index contributed by atoms with van der Waals surface area (Å²) in [7, 11) is -4.55. The van der Waals surface area contributed by atoms with Crippen LogP contribution in [0.4, 0.5) is 17.1 Å². The fourth-order valence-electron chi connectivity index (χ4n) is 1.53. The van der Waals surface area contributed by atoms with Crippen LogP contribution in [0.15, 0.2) is 53.3 Å². The van der Waals surface area contributed by atoms with E-state index in [9.17, 15) is 23.3 Å². The fourth-order valence-corrected chi connectivity index (χ4v) is 2.45. The zero-order valence-corrected chi connectivity index (χ0v) is 12.5. The number of nitrogens with zero attached hydrogens (tertiary/aromatic N) is 1. The van der Waals surface area contributed by atoms with Gasteiger partial charge in [-0.15, -0.1) is 0 Å². The normalized spacial score (nSPS) is 13.3. The summed E-state index contributed by atoms with van der Waals surface area (Å²) in [6, 6.07) is 1.18. The summed E-state index contributed by atoms with van der Waals surface area (Å²) in [5.74, 6) is -0.643. The van der Waals surface area contributed by atoms with E-state index in [2.05, 4.69) is 10.0 Å². The van der Waals surface area contributed by atoms with Crippen LogP contribution in [0.1, 0.15) is 12.4 Å². The molecule has 0 fully saturated rings. The van der Waals surface area contributed by atoms with Crippen molar-refractivity contribution in [2.75, 3.05) is 10.0 Å². The van der Waals surface area contributed by atoms with Gasteiger partial charge in [-0.3, -0.25) is 19.6 Å². The van der Waals surface area contributed by atoms with Crippen molar-refractivity contribution in [2.24, 2.45) is 0 Å². The zero-order chi connectivity index (χ0) is 20.5. The van der Waals surface area contributed by atoms with E-state index in [1.807, 2.05) is 0 Å². The van der Waals surface area contributed by atoms with Crippen LogP contribution >= 0.6 is 0 Å². The Morgan fingerprint density at radius 3 is 2.17 bits per heavy atom. The van der Waals surface area contributed by atoms with Gasteiger partial charge in [0, 0.05) is 30.4 Å². The maximum Gasteiger partial charge on any atom is 0.269 e. The quantitative estimate of drug-likeness (QED) is 0.640. The van der Waals surface area contributed by atoms with Crippen molar-refractivity contribution >= 4 is 33.0 Å². The first-order valence-electron chi connectivity index (χ1n) is 8.11. The van der Waals surface area contributed by atoms with Crippen molar-refractivity contribution in [3.8, 4) is 0 Å². The van der Waals surface area contributed by atoms with Crippen molar-refractivity contribution in [3.05, 3.63) is 58.5 Å². The second kappa shape index (κ2) is 6.44. The Labute approximate surface area is 138 Å². The predicted molar refractivity (Wildman–Crippen MR) is 84.7 cm³/mol. The highest BCUT2D eigenvalue weighted by Gasteiger charge is 2.15. The minimum atomic E-state index is -4.55. The molecular weight excluding hydrogens is 322 g/mol. The van der Waals surface area contributed by atoms with Crippen molar-refractivity contribution in [3.63, 3.8) is 0 Å². The van der Waals surface area contributed by atoms with E-state index in [1.165, 1.54) is 0 Å². The van der Waals surface area contributed by atoms with Gasteiger partial charge < -0.3 is 5.32 Å². The number of non-ortho nitro benzene ring substituents is 1. The summed E-state index contributed by atoms with van der Waals surface area (Å²) in [4.78, 5) is 20.2. The van der Waals surface area contributed by atoms with Crippen molar-refractivity contribution in [2.45, 2.75) is 11.8 Å². The van der Waals surface area contributed by atoms with E-state index in [-0.39, 0.29) is 11.4 Å². The highest BCUT2D eigenvalue weighted by Crippen LogP contribution is 2.20. The van der Waals surface area contributed by atoms with Crippen LogP contribution in [0.5, 0.6) is 0 Å². The molecule has 120 valence electrons. The largest absolute Gasteiger partial charge is 0.326 e. The molecule has 0 aliphatic rings. The molecule has 0 saturated carbocycles. The summed E-state index contributed by atoms with van der Waals surface area (Å²) in [5.41, 5.74) is -0.767. The number of nitro benzene ring substituents is 1. The van der Waals surface area contributed by atoms with E-state index in [0.717, 1.165) is 31.2 Å². The van der Waals surface area contributed by atoms with E-state index >= 15 is 0 Å². The number of amides is 1. The van der Waals surface area contributed by atoms with Crippen molar-refractivity contribution in [1.29, 1.82) is 0 Å². The van der Waals surface area contributed by atoms with E-state index in [4.69, 9.17) is 5.48 Å². The highest BCUT2D eigenvalue weighted by atomic mass is 32.2. The molecule has 23 heavy (non-hydrogen) atoms. The lowest BCUT2D eigenvalue weighted by Gasteiger charge is -2.09. The summed E-state index contributed by atoms with van der Waals surface area (Å²) >= 11 is 0. The van der Waals surface area contributed by atoms with Crippen LogP contribution in [0.3, 0.4) is 0 Å². The molecule has 0 aliphatic carbocycles. The number of nitro groups is 1. The first-order valence-corrected chi connectivity index (χ1v) is 7.59. The topological polar surface area (TPSA) is 118 Å². The van der Waals surface area contributed by atoms with Crippen LogP contribution in [-0.2, 0) is 14.8 Å². The number of carbonyl (C=O) groups is 1. The lowest BCUT2D eigenvalue weighted by atomic mass is 10.3. The van der Waals surface area contributed by atoms with Crippen LogP contribution in [0.2, 0.25) is 0 Å². The Hall–Kier alpha value is -2.94. The maximum absolute atomic E-state index is 12.6. The summed E-state index contributed by atoms with van der Waals surface area (Å²) in [6.07, 6.45) is 0. The van der Waals surface area contributed by atoms with Crippen molar-refractivity contribution < 1.29 is 23.6 Å². The fraction of sp³-hybridized carbons (Fsp3) is 0.0714. The number of hydrogen-bond acceptors (Lipinski definition) is 5. The number of benzene rings is 2. The van der Waals surface area contributed by atoms with Gasteiger partial charge in [-0.2, -0.15) is 0 Å². The monoisotopic (exact) mass is 339 g/mol. The summed E-state index contributed by atoms with van der Waals surface area (Å²) in [5, 5.41) is 12.8. The first-order chi connectivity index (χ1) is 12.5. The zero-order valence-electron chi connectivity index (χ0n) is 15.7. The van der Waals surface area contributed by atoms with Gasteiger partial charge in [0.05, 0.1) is 15.3 Å². The van der Waals surface area contributed by atoms with Crippen LogP contribution in [0.25, 0.3) is 0 Å². The predicted octanol–water partition coefficient (Wildman–Crippen LogP) is 2.35. The molecule has 0 spiro atoms. The van der Waals surface area contributed by atoms with Crippen LogP contribution in [-0.4, -0.2) is 19.2 Å². The van der Waals surface area contributed by atoms with Gasteiger partial charge in [-0.05, 0) is 36.3 Å². The lowest BCUT2D eigenvalue weighted by Crippen LogP contribution is -2.13.